The number of carbonyl (C=O) groups is 1. The van der Waals surface area contributed by atoms with E-state index < -0.39 is 5.60 Å². The maximum absolute atomic E-state index is 12.9. The van der Waals surface area contributed by atoms with Crippen molar-refractivity contribution in [1.29, 1.82) is 0 Å². The van der Waals surface area contributed by atoms with Crippen LogP contribution in [0.3, 0.4) is 0 Å². The maximum atomic E-state index is 12.9. The Labute approximate surface area is 170 Å². The Kier molecular flexibility index (Phi) is 5.49. The molecule has 2 saturated heterocycles. The van der Waals surface area contributed by atoms with E-state index in [1.807, 2.05) is 6.92 Å². The van der Waals surface area contributed by atoms with Gasteiger partial charge < -0.3 is 19.1 Å². The fourth-order valence-electron chi connectivity index (χ4n) is 4.09. The number of nitrogens with zero attached hydrogens (tertiary/aromatic N) is 6. The molecular formula is C20H28N6O3. The molecule has 2 aliphatic heterocycles. The SMILES string of the molecule is CCc1cc(N2CCC3(CC2)CC(=O)N(Cc2nc(C)no2)CCO3)nc(C)n1. The summed E-state index contributed by atoms with van der Waals surface area (Å²) in [5, 5.41) is 3.80. The van der Waals surface area contributed by atoms with Crippen LogP contribution in [0.2, 0.25) is 0 Å². The average Bonchev–Trinajstić information content (AvgIpc) is 3.05. The number of hydrogen-bond donors (Lipinski definition) is 0. The molecule has 0 radical (unpaired) electrons. The largest absolute Gasteiger partial charge is 0.372 e. The Balaban J connectivity index is 1.40. The lowest BCUT2D eigenvalue weighted by atomic mass is 9.87. The third kappa shape index (κ3) is 4.39. The van der Waals surface area contributed by atoms with Crippen molar-refractivity contribution in [3.05, 3.63) is 29.3 Å². The summed E-state index contributed by atoms with van der Waals surface area (Å²) < 4.78 is 11.4. The predicted octanol–water partition coefficient (Wildman–Crippen LogP) is 1.83. The molecule has 156 valence electrons. The van der Waals surface area contributed by atoms with Gasteiger partial charge in [0.1, 0.15) is 18.2 Å². The number of hydrogen-bond acceptors (Lipinski definition) is 8. The zero-order valence-corrected chi connectivity index (χ0v) is 17.3. The summed E-state index contributed by atoms with van der Waals surface area (Å²) in [6.07, 6.45) is 2.88. The van der Waals surface area contributed by atoms with Crippen LogP contribution in [-0.2, 0) is 22.5 Å². The number of aromatic nitrogens is 4. The van der Waals surface area contributed by atoms with Gasteiger partial charge in [0, 0.05) is 31.4 Å². The number of anilines is 1. The predicted molar refractivity (Wildman–Crippen MR) is 105 cm³/mol. The molecule has 0 unspecified atom stereocenters. The molecule has 0 bridgehead atoms. The van der Waals surface area contributed by atoms with Gasteiger partial charge in [-0.15, -0.1) is 0 Å². The van der Waals surface area contributed by atoms with E-state index in [1.165, 1.54) is 0 Å². The van der Waals surface area contributed by atoms with Gasteiger partial charge in [-0.2, -0.15) is 4.98 Å². The summed E-state index contributed by atoms with van der Waals surface area (Å²) in [5.74, 6) is 2.89. The molecule has 1 amide bonds. The maximum Gasteiger partial charge on any atom is 0.246 e. The summed E-state index contributed by atoms with van der Waals surface area (Å²) >= 11 is 0. The third-order valence-electron chi connectivity index (χ3n) is 5.73. The summed E-state index contributed by atoms with van der Waals surface area (Å²) in [4.78, 5) is 30.2. The zero-order valence-electron chi connectivity index (χ0n) is 17.3. The van der Waals surface area contributed by atoms with Gasteiger partial charge in [0.25, 0.3) is 0 Å². The molecule has 2 aromatic rings. The van der Waals surface area contributed by atoms with Crippen molar-refractivity contribution < 1.29 is 14.1 Å². The van der Waals surface area contributed by atoms with Gasteiger partial charge in [-0.3, -0.25) is 4.79 Å². The highest BCUT2D eigenvalue weighted by atomic mass is 16.5. The van der Waals surface area contributed by atoms with Crippen molar-refractivity contribution in [2.75, 3.05) is 31.1 Å². The molecule has 4 rings (SSSR count). The Morgan fingerprint density at radius 2 is 1.90 bits per heavy atom. The van der Waals surface area contributed by atoms with Crippen molar-refractivity contribution >= 4 is 11.7 Å². The minimum absolute atomic E-state index is 0.0814. The van der Waals surface area contributed by atoms with Crippen molar-refractivity contribution in [3.8, 4) is 0 Å². The van der Waals surface area contributed by atoms with Gasteiger partial charge in [0.2, 0.25) is 11.8 Å². The number of aryl methyl sites for hydroxylation is 3. The Hall–Kier alpha value is -2.55. The lowest BCUT2D eigenvalue weighted by molar-refractivity contribution is -0.135. The first kappa shape index (κ1) is 19.8. The number of carbonyl (C=O) groups excluding carboxylic acids is 1. The highest BCUT2D eigenvalue weighted by molar-refractivity contribution is 5.77. The molecule has 9 nitrogen and oxygen atoms in total. The molecule has 4 heterocycles. The number of rotatable bonds is 4. The van der Waals surface area contributed by atoms with Crippen molar-refractivity contribution in [2.24, 2.45) is 0 Å². The van der Waals surface area contributed by atoms with Crippen LogP contribution in [0, 0.1) is 13.8 Å². The van der Waals surface area contributed by atoms with E-state index in [1.54, 1.807) is 11.8 Å². The topological polar surface area (TPSA) is 97.5 Å². The van der Waals surface area contributed by atoms with Gasteiger partial charge in [0.05, 0.1) is 18.6 Å². The van der Waals surface area contributed by atoms with Crippen LogP contribution < -0.4 is 4.90 Å². The number of ether oxygens (including phenoxy) is 1. The van der Waals surface area contributed by atoms with E-state index in [9.17, 15) is 4.79 Å². The summed E-state index contributed by atoms with van der Waals surface area (Å²) in [6.45, 7) is 8.83. The highest BCUT2D eigenvalue weighted by Crippen LogP contribution is 2.34. The molecule has 0 aromatic carbocycles. The van der Waals surface area contributed by atoms with Crippen molar-refractivity contribution in [3.63, 3.8) is 0 Å². The molecule has 1 spiro atoms. The second-order valence-corrected chi connectivity index (χ2v) is 7.86. The first-order valence-electron chi connectivity index (χ1n) is 10.3. The minimum Gasteiger partial charge on any atom is -0.372 e. The monoisotopic (exact) mass is 400 g/mol. The van der Waals surface area contributed by atoms with Crippen molar-refractivity contribution in [1.82, 2.24) is 25.0 Å². The summed E-state index contributed by atoms with van der Waals surface area (Å²) in [5.41, 5.74) is 0.656. The lowest BCUT2D eigenvalue weighted by Crippen LogP contribution is -2.47. The summed E-state index contributed by atoms with van der Waals surface area (Å²) in [7, 11) is 0. The van der Waals surface area contributed by atoms with E-state index in [2.05, 4.69) is 38.0 Å². The fraction of sp³-hybridized carbons (Fsp3) is 0.650. The van der Waals surface area contributed by atoms with Gasteiger partial charge in [-0.25, -0.2) is 9.97 Å². The van der Waals surface area contributed by atoms with E-state index in [0.29, 0.717) is 37.8 Å². The molecule has 0 atom stereocenters. The number of amides is 1. The second kappa shape index (κ2) is 8.06. The normalized spacial score (nSPS) is 19.6. The Morgan fingerprint density at radius 1 is 1.10 bits per heavy atom. The van der Waals surface area contributed by atoms with E-state index >= 15 is 0 Å². The molecule has 29 heavy (non-hydrogen) atoms. The first-order chi connectivity index (χ1) is 14.0. The van der Waals surface area contributed by atoms with E-state index in [4.69, 9.17) is 9.26 Å². The molecule has 0 saturated carbocycles. The molecular weight excluding hydrogens is 372 g/mol. The molecule has 0 N–H and O–H groups in total. The molecule has 9 heteroatoms. The smallest absolute Gasteiger partial charge is 0.246 e. The van der Waals surface area contributed by atoms with Crippen LogP contribution in [-0.4, -0.2) is 62.8 Å². The van der Waals surface area contributed by atoms with E-state index in [-0.39, 0.29) is 5.91 Å². The second-order valence-electron chi connectivity index (χ2n) is 7.86. The lowest BCUT2D eigenvalue weighted by Gasteiger charge is -2.41. The van der Waals surface area contributed by atoms with Crippen LogP contribution >= 0.6 is 0 Å². The van der Waals surface area contributed by atoms with Gasteiger partial charge in [0.15, 0.2) is 5.82 Å². The molecule has 0 aliphatic carbocycles. The van der Waals surface area contributed by atoms with Gasteiger partial charge in [-0.1, -0.05) is 12.1 Å². The Bertz CT molecular complexity index is 875. The molecule has 2 aromatic heterocycles. The van der Waals surface area contributed by atoms with Crippen LogP contribution in [0.5, 0.6) is 0 Å². The van der Waals surface area contributed by atoms with Crippen LogP contribution in [0.15, 0.2) is 10.6 Å². The minimum atomic E-state index is -0.400. The standard InChI is InChI=1S/C20H28N6O3/c1-4-16-11-17(22-14(2)21-16)25-7-5-20(6-8-25)12-19(27)26(9-10-28-20)13-18-23-15(3)24-29-18/h11H,4-10,12-13H2,1-3H3. The average molecular weight is 400 g/mol. The highest BCUT2D eigenvalue weighted by Gasteiger charge is 2.41. The van der Waals surface area contributed by atoms with Crippen LogP contribution in [0.1, 0.15) is 49.4 Å². The van der Waals surface area contributed by atoms with Gasteiger partial charge >= 0.3 is 0 Å². The van der Waals surface area contributed by atoms with E-state index in [0.717, 1.165) is 49.7 Å². The first-order valence-corrected chi connectivity index (χ1v) is 10.3. The van der Waals surface area contributed by atoms with Crippen LogP contribution in [0.25, 0.3) is 0 Å². The zero-order chi connectivity index (χ0) is 20.4. The summed E-state index contributed by atoms with van der Waals surface area (Å²) in [6, 6.07) is 2.07. The molecule has 2 fully saturated rings. The van der Waals surface area contributed by atoms with Crippen molar-refractivity contribution in [2.45, 2.75) is 58.6 Å². The van der Waals surface area contributed by atoms with Crippen LogP contribution in [0.4, 0.5) is 5.82 Å². The quantitative estimate of drug-likeness (QED) is 0.767. The number of piperidine rings is 1. The fourth-order valence-corrected chi connectivity index (χ4v) is 4.09. The van der Waals surface area contributed by atoms with Gasteiger partial charge in [-0.05, 0) is 33.1 Å². The molecule has 2 aliphatic rings. The Morgan fingerprint density at radius 3 is 2.59 bits per heavy atom. The third-order valence-corrected chi connectivity index (χ3v) is 5.73.